The summed E-state index contributed by atoms with van der Waals surface area (Å²) in [6, 6.07) is 11.1. The Balaban J connectivity index is 1.94. The standard InChI is InChI=1S/C19H19F3N2O3S/c1-13-10-14-6-3-4-9-17(14)24(13)18(25)12-23(28(2,26)27)16-8-5-7-15(11-16)19(20,21)22/h3-9,11,13H,10,12H2,1-2H3/t13-/m1/s1. The fourth-order valence-corrected chi connectivity index (χ4v) is 4.22. The predicted octanol–water partition coefficient (Wildman–Crippen LogP) is 3.45. The van der Waals surface area contributed by atoms with Crippen molar-refractivity contribution in [3.8, 4) is 0 Å². The van der Waals surface area contributed by atoms with Crippen LogP contribution in [0.25, 0.3) is 0 Å². The van der Waals surface area contributed by atoms with Gasteiger partial charge in [-0.25, -0.2) is 8.42 Å². The van der Waals surface area contributed by atoms with Crippen molar-refractivity contribution in [1.82, 2.24) is 0 Å². The first-order chi connectivity index (χ1) is 13.0. The van der Waals surface area contributed by atoms with Gasteiger partial charge in [0.15, 0.2) is 0 Å². The first kappa shape index (κ1) is 20.2. The molecule has 5 nitrogen and oxygen atoms in total. The lowest BCUT2D eigenvalue weighted by atomic mass is 10.1. The van der Waals surface area contributed by atoms with E-state index in [1.54, 1.807) is 12.1 Å². The molecular weight excluding hydrogens is 393 g/mol. The summed E-state index contributed by atoms with van der Waals surface area (Å²) in [7, 11) is -3.98. The molecule has 0 bridgehead atoms. The third-order valence-corrected chi connectivity index (χ3v) is 5.76. The van der Waals surface area contributed by atoms with Crippen LogP contribution in [0, 0.1) is 0 Å². The summed E-state index contributed by atoms with van der Waals surface area (Å²) in [5, 5.41) is 0. The van der Waals surface area contributed by atoms with Crippen molar-refractivity contribution in [1.29, 1.82) is 0 Å². The number of alkyl halides is 3. The van der Waals surface area contributed by atoms with E-state index < -0.39 is 34.2 Å². The molecule has 0 aromatic heterocycles. The zero-order chi connectivity index (χ0) is 20.7. The second kappa shape index (κ2) is 7.12. The van der Waals surface area contributed by atoms with Gasteiger partial charge in [-0.1, -0.05) is 24.3 Å². The monoisotopic (exact) mass is 412 g/mol. The third-order valence-electron chi connectivity index (χ3n) is 4.62. The van der Waals surface area contributed by atoms with Crippen LogP contribution in [0.2, 0.25) is 0 Å². The Morgan fingerprint density at radius 1 is 1.18 bits per heavy atom. The maximum absolute atomic E-state index is 13.0. The smallest absolute Gasteiger partial charge is 0.307 e. The predicted molar refractivity (Wildman–Crippen MR) is 101 cm³/mol. The maximum atomic E-state index is 13.0. The fraction of sp³-hybridized carbons (Fsp3) is 0.316. The van der Waals surface area contributed by atoms with E-state index in [9.17, 15) is 26.4 Å². The lowest BCUT2D eigenvalue weighted by molar-refractivity contribution is -0.137. The highest BCUT2D eigenvalue weighted by molar-refractivity contribution is 7.92. The summed E-state index contributed by atoms with van der Waals surface area (Å²) < 4.78 is 64.2. The molecule has 9 heteroatoms. The van der Waals surface area contributed by atoms with E-state index in [-0.39, 0.29) is 11.7 Å². The highest BCUT2D eigenvalue weighted by Gasteiger charge is 2.34. The number of carbonyl (C=O) groups is 1. The van der Waals surface area contributed by atoms with Crippen molar-refractivity contribution >= 4 is 27.3 Å². The molecule has 1 aliphatic rings. The zero-order valence-corrected chi connectivity index (χ0v) is 16.1. The van der Waals surface area contributed by atoms with Crippen molar-refractivity contribution in [3.63, 3.8) is 0 Å². The van der Waals surface area contributed by atoms with Gasteiger partial charge < -0.3 is 4.90 Å². The second-order valence-electron chi connectivity index (χ2n) is 6.76. The normalized spacial score (nSPS) is 16.8. The van der Waals surface area contributed by atoms with Crippen molar-refractivity contribution < 1.29 is 26.4 Å². The topological polar surface area (TPSA) is 57.7 Å². The van der Waals surface area contributed by atoms with Gasteiger partial charge in [0.05, 0.1) is 17.5 Å². The van der Waals surface area contributed by atoms with Gasteiger partial charge in [0.25, 0.3) is 0 Å². The Morgan fingerprint density at radius 3 is 2.50 bits per heavy atom. The molecule has 1 atom stereocenters. The van der Waals surface area contributed by atoms with Gasteiger partial charge in [-0.15, -0.1) is 0 Å². The fourth-order valence-electron chi connectivity index (χ4n) is 3.38. The molecule has 0 saturated heterocycles. The minimum Gasteiger partial charge on any atom is -0.307 e. The van der Waals surface area contributed by atoms with E-state index in [0.29, 0.717) is 16.4 Å². The van der Waals surface area contributed by atoms with Crippen molar-refractivity contribution in [3.05, 3.63) is 59.7 Å². The number of rotatable bonds is 4. The number of hydrogen-bond donors (Lipinski definition) is 0. The molecule has 2 aromatic carbocycles. The molecule has 2 aromatic rings. The average Bonchev–Trinajstić information content (AvgIpc) is 2.93. The van der Waals surface area contributed by atoms with Gasteiger partial charge in [0.1, 0.15) is 6.54 Å². The zero-order valence-electron chi connectivity index (χ0n) is 15.3. The molecule has 0 aliphatic carbocycles. The molecule has 0 unspecified atom stereocenters. The van der Waals surface area contributed by atoms with Crippen LogP contribution in [0.1, 0.15) is 18.1 Å². The lowest BCUT2D eigenvalue weighted by Gasteiger charge is -2.28. The van der Waals surface area contributed by atoms with Gasteiger partial charge in [-0.05, 0) is 43.2 Å². The first-order valence-electron chi connectivity index (χ1n) is 8.53. The number of nitrogens with zero attached hydrogens (tertiary/aromatic N) is 2. The molecule has 3 rings (SSSR count). The van der Waals surface area contributed by atoms with E-state index in [4.69, 9.17) is 0 Å². The summed E-state index contributed by atoms with van der Waals surface area (Å²) in [6.07, 6.45) is -3.13. The molecule has 0 saturated carbocycles. The van der Waals surface area contributed by atoms with Crippen molar-refractivity contribution in [2.75, 3.05) is 22.0 Å². The van der Waals surface area contributed by atoms with E-state index in [1.165, 1.54) is 11.0 Å². The molecule has 1 aliphatic heterocycles. The molecule has 0 fully saturated rings. The Morgan fingerprint density at radius 2 is 1.86 bits per heavy atom. The number of hydrogen-bond acceptors (Lipinski definition) is 3. The average molecular weight is 412 g/mol. The SMILES string of the molecule is C[C@@H]1Cc2ccccc2N1C(=O)CN(c1cccc(C(F)(F)F)c1)S(C)(=O)=O. The molecule has 0 spiro atoms. The molecule has 150 valence electrons. The van der Waals surface area contributed by atoms with Crippen molar-refractivity contribution in [2.24, 2.45) is 0 Å². The van der Waals surface area contributed by atoms with Crippen LogP contribution in [0.15, 0.2) is 48.5 Å². The largest absolute Gasteiger partial charge is 0.416 e. The molecule has 1 amide bonds. The Hall–Kier alpha value is -2.55. The number of anilines is 2. The third kappa shape index (κ3) is 3.99. The molecular formula is C19H19F3N2O3S. The summed E-state index contributed by atoms with van der Waals surface area (Å²) in [6.45, 7) is 1.26. The summed E-state index contributed by atoms with van der Waals surface area (Å²) in [4.78, 5) is 14.4. The van der Waals surface area contributed by atoms with Gasteiger partial charge in [0, 0.05) is 11.7 Å². The van der Waals surface area contributed by atoms with Crippen molar-refractivity contribution in [2.45, 2.75) is 25.6 Å². The number of benzene rings is 2. The highest BCUT2D eigenvalue weighted by Crippen LogP contribution is 2.34. The van der Waals surface area contributed by atoms with Crippen LogP contribution in [-0.2, 0) is 27.4 Å². The quantitative estimate of drug-likeness (QED) is 0.773. The van der Waals surface area contributed by atoms with Gasteiger partial charge >= 0.3 is 6.18 Å². The number of amides is 1. The minimum atomic E-state index is -4.62. The summed E-state index contributed by atoms with van der Waals surface area (Å²) >= 11 is 0. The van der Waals surface area contributed by atoms with Crippen LogP contribution >= 0.6 is 0 Å². The second-order valence-corrected chi connectivity index (χ2v) is 8.67. The Labute approximate surface area is 161 Å². The molecule has 28 heavy (non-hydrogen) atoms. The van der Waals surface area contributed by atoms with Crippen LogP contribution in [0.4, 0.5) is 24.5 Å². The van der Waals surface area contributed by atoms with Crippen LogP contribution in [0.3, 0.4) is 0 Å². The lowest BCUT2D eigenvalue weighted by Crippen LogP contribution is -2.45. The number of halogens is 3. The van der Waals surface area contributed by atoms with Gasteiger partial charge in [-0.3, -0.25) is 9.10 Å². The van der Waals surface area contributed by atoms with Crippen LogP contribution < -0.4 is 9.21 Å². The molecule has 0 radical (unpaired) electrons. The Bertz CT molecular complexity index is 1010. The van der Waals surface area contributed by atoms with Crippen LogP contribution in [-0.4, -0.2) is 33.2 Å². The number of para-hydroxylation sites is 1. The molecule has 0 N–H and O–H groups in total. The van der Waals surface area contributed by atoms with Gasteiger partial charge in [0.2, 0.25) is 15.9 Å². The van der Waals surface area contributed by atoms with Crippen LogP contribution in [0.5, 0.6) is 0 Å². The highest BCUT2D eigenvalue weighted by atomic mass is 32.2. The number of sulfonamides is 1. The Kier molecular flexibility index (Phi) is 5.14. The first-order valence-corrected chi connectivity index (χ1v) is 10.4. The number of carbonyl (C=O) groups excluding carboxylic acids is 1. The maximum Gasteiger partial charge on any atom is 0.416 e. The van der Waals surface area contributed by atoms with E-state index in [2.05, 4.69) is 0 Å². The van der Waals surface area contributed by atoms with E-state index in [0.717, 1.165) is 30.0 Å². The summed E-state index contributed by atoms with van der Waals surface area (Å²) in [5.74, 6) is -0.500. The summed E-state index contributed by atoms with van der Waals surface area (Å²) in [5.41, 5.74) is 0.475. The molecule has 1 heterocycles. The van der Waals surface area contributed by atoms with E-state index in [1.807, 2.05) is 19.1 Å². The minimum absolute atomic E-state index is 0.173. The van der Waals surface area contributed by atoms with Gasteiger partial charge in [-0.2, -0.15) is 13.2 Å². The number of fused-ring (bicyclic) bond motifs is 1. The van der Waals surface area contributed by atoms with E-state index >= 15 is 0 Å².